The summed E-state index contributed by atoms with van der Waals surface area (Å²) in [4.78, 5) is 20.7. The van der Waals surface area contributed by atoms with E-state index in [1.54, 1.807) is 0 Å². The number of rotatable bonds is 1. The van der Waals surface area contributed by atoms with Crippen LogP contribution in [0, 0.1) is 20.8 Å². The topological polar surface area (TPSA) is 90.9 Å². The molecule has 0 aliphatic carbocycles. The maximum absolute atomic E-state index is 4.79. The van der Waals surface area contributed by atoms with E-state index < -0.39 is 0 Å². The summed E-state index contributed by atoms with van der Waals surface area (Å²) >= 11 is 0. The summed E-state index contributed by atoms with van der Waals surface area (Å²) in [5.74, 6) is 2.36. The monoisotopic (exact) mass is 432 g/mol. The molecule has 0 atom stereocenters. The molecule has 2 aromatic rings. The number of hydrogen-bond donors (Lipinski definition) is 3. The molecule has 0 bridgehead atoms. The summed E-state index contributed by atoms with van der Waals surface area (Å²) in [5.41, 5.74) is 11.4. The number of anilines is 3. The number of fused-ring (bicyclic) bond motifs is 2. The predicted molar refractivity (Wildman–Crippen MR) is 133 cm³/mol. The Morgan fingerprint density at radius 1 is 0.710 bits per heavy atom. The van der Waals surface area contributed by atoms with Crippen LogP contribution in [0.25, 0.3) is 0 Å². The quantitative estimate of drug-likeness (QED) is 0.582. The van der Waals surface area contributed by atoms with Gasteiger partial charge in [-0.2, -0.15) is 0 Å². The fourth-order valence-electron chi connectivity index (χ4n) is 3.18. The number of nitrogens with one attached hydrogen (secondary N) is 3. The highest BCUT2D eigenvalue weighted by atomic mass is 15.4. The van der Waals surface area contributed by atoms with Crippen molar-refractivity contribution in [2.75, 3.05) is 23.3 Å². The zero-order chi connectivity index (χ0) is 24.0. The Morgan fingerprint density at radius 2 is 1.32 bits per heavy atom. The zero-order valence-corrected chi connectivity index (χ0v) is 21.6. The van der Waals surface area contributed by atoms with Gasteiger partial charge in [0.1, 0.15) is 11.5 Å². The van der Waals surface area contributed by atoms with Gasteiger partial charge < -0.3 is 10.2 Å². The SMILES string of the molecule is CC.CC.CC.CC.Cc1nc(C)c2c(n1)NCCN2c1nc(C)c2c(n1)CNNC2. The molecule has 31 heavy (non-hydrogen) atoms. The van der Waals surface area contributed by atoms with Gasteiger partial charge >= 0.3 is 0 Å². The van der Waals surface area contributed by atoms with Crippen LogP contribution in [-0.4, -0.2) is 33.0 Å². The Labute approximate surface area is 189 Å². The van der Waals surface area contributed by atoms with Crippen LogP contribution in [0.15, 0.2) is 0 Å². The molecule has 0 saturated carbocycles. The highest BCUT2D eigenvalue weighted by molar-refractivity contribution is 5.75. The predicted octanol–water partition coefficient (Wildman–Crippen LogP) is 4.97. The van der Waals surface area contributed by atoms with Gasteiger partial charge in [-0.25, -0.2) is 19.9 Å². The molecule has 0 unspecified atom stereocenters. The van der Waals surface area contributed by atoms with E-state index in [2.05, 4.69) is 31.0 Å². The van der Waals surface area contributed by atoms with Crippen molar-refractivity contribution < 1.29 is 0 Å². The summed E-state index contributed by atoms with van der Waals surface area (Å²) in [6.07, 6.45) is 0. The molecule has 8 heteroatoms. The number of aromatic nitrogens is 4. The molecular formula is C23H44N8. The van der Waals surface area contributed by atoms with E-state index in [0.29, 0.717) is 6.54 Å². The molecule has 8 nitrogen and oxygen atoms in total. The average Bonchev–Trinajstić information content (AvgIpc) is 2.83. The van der Waals surface area contributed by atoms with Gasteiger partial charge in [-0.3, -0.25) is 10.9 Å². The summed E-state index contributed by atoms with van der Waals surface area (Å²) in [7, 11) is 0. The largest absolute Gasteiger partial charge is 0.366 e. The van der Waals surface area contributed by atoms with Crippen LogP contribution in [0.1, 0.15) is 83.9 Å². The first kappa shape index (κ1) is 28.7. The maximum Gasteiger partial charge on any atom is 0.230 e. The molecule has 2 aliphatic rings. The Balaban J connectivity index is 0.00000102. The first-order chi connectivity index (χ1) is 15.1. The molecule has 0 fully saturated rings. The van der Waals surface area contributed by atoms with Gasteiger partial charge in [0.25, 0.3) is 0 Å². The summed E-state index contributed by atoms with van der Waals surface area (Å²) in [5, 5.41) is 3.35. The van der Waals surface area contributed by atoms with Crippen LogP contribution < -0.4 is 21.1 Å². The molecule has 4 rings (SSSR count). The molecule has 3 N–H and O–H groups in total. The minimum atomic E-state index is 0.702. The summed E-state index contributed by atoms with van der Waals surface area (Å²) in [6.45, 7) is 25.0. The minimum Gasteiger partial charge on any atom is -0.366 e. The second kappa shape index (κ2) is 15.5. The van der Waals surface area contributed by atoms with Gasteiger partial charge in [0.15, 0.2) is 5.82 Å². The van der Waals surface area contributed by atoms with Gasteiger partial charge in [0.2, 0.25) is 5.95 Å². The second-order valence-electron chi connectivity index (χ2n) is 5.87. The lowest BCUT2D eigenvalue weighted by atomic mass is 10.1. The van der Waals surface area contributed by atoms with Gasteiger partial charge in [-0.05, 0) is 20.8 Å². The molecular weight excluding hydrogens is 388 g/mol. The molecule has 0 aromatic carbocycles. The third-order valence-corrected chi connectivity index (χ3v) is 4.24. The lowest BCUT2D eigenvalue weighted by molar-refractivity contribution is 0.483. The lowest BCUT2D eigenvalue weighted by Gasteiger charge is -2.31. The van der Waals surface area contributed by atoms with Crippen molar-refractivity contribution in [2.45, 2.75) is 89.3 Å². The standard InChI is InChI=1S/C15H20N8.4C2H6/c1-8-11-6-17-18-7-12(11)22-15(20-8)23-5-4-16-14-13(23)9(2)19-10(3)21-14;4*1-2/h17-18H,4-7H2,1-3H3,(H,16,19,21);4*1-2H3. The third kappa shape index (κ3) is 7.11. The van der Waals surface area contributed by atoms with Crippen molar-refractivity contribution >= 4 is 17.5 Å². The van der Waals surface area contributed by atoms with Gasteiger partial charge in [-0.1, -0.05) is 55.4 Å². The first-order valence-electron chi connectivity index (χ1n) is 11.8. The number of aryl methyl sites for hydroxylation is 3. The van der Waals surface area contributed by atoms with Crippen LogP contribution in [0.2, 0.25) is 0 Å². The van der Waals surface area contributed by atoms with E-state index in [9.17, 15) is 0 Å². The molecule has 0 amide bonds. The van der Waals surface area contributed by atoms with Crippen LogP contribution in [0.5, 0.6) is 0 Å². The van der Waals surface area contributed by atoms with E-state index in [4.69, 9.17) is 9.97 Å². The van der Waals surface area contributed by atoms with Crippen molar-refractivity contribution in [2.24, 2.45) is 0 Å². The van der Waals surface area contributed by atoms with Gasteiger partial charge in [0.05, 0.1) is 17.9 Å². The Hall–Kier alpha value is -2.32. The van der Waals surface area contributed by atoms with Crippen molar-refractivity contribution in [3.63, 3.8) is 0 Å². The summed E-state index contributed by atoms with van der Waals surface area (Å²) < 4.78 is 0. The minimum absolute atomic E-state index is 0.702. The molecule has 0 spiro atoms. The molecule has 176 valence electrons. The Bertz CT molecular complexity index is 777. The van der Waals surface area contributed by atoms with Gasteiger partial charge in [0, 0.05) is 30.9 Å². The van der Waals surface area contributed by atoms with Crippen molar-refractivity contribution in [3.8, 4) is 0 Å². The number of hydrazine groups is 1. The smallest absolute Gasteiger partial charge is 0.230 e. The van der Waals surface area contributed by atoms with Crippen LogP contribution >= 0.6 is 0 Å². The number of hydrogen-bond acceptors (Lipinski definition) is 8. The molecule has 4 heterocycles. The third-order valence-electron chi connectivity index (χ3n) is 4.24. The van der Waals surface area contributed by atoms with E-state index in [-0.39, 0.29) is 0 Å². The van der Waals surface area contributed by atoms with E-state index in [1.165, 1.54) is 5.56 Å². The van der Waals surface area contributed by atoms with E-state index >= 15 is 0 Å². The lowest BCUT2D eigenvalue weighted by Crippen LogP contribution is -2.38. The summed E-state index contributed by atoms with van der Waals surface area (Å²) in [6, 6.07) is 0. The van der Waals surface area contributed by atoms with E-state index in [1.807, 2.05) is 76.2 Å². The van der Waals surface area contributed by atoms with Gasteiger partial charge in [-0.15, -0.1) is 0 Å². The molecule has 0 saturated heterocycles. The number of nitrogens with zero attached hydrogens (tertiary/aromatic N) is 5. The van der Waals surface area contributed by atoms with Crippen molar-refractivity contribution in [1.29, 1.82) is 0 Å². The molecule has 2 aromatic heterocycles. The molecule has 2 aliphatic heterocycles. The first-order valence-corrected chi connectivity index (χ1v) is 11.8. The second-order valence-corrected chi connectivity index (χ2v) is 5.87. The molecule has 0 radical (unpaired) electrons. The van der Waals surface area contributed by atoms with E-state index in [0.717, 1.165) is 60.0 Å². The Morgan fingerprint density at radius 3 is 1.97 bits per heavy atom. The highest BCUT2D eigenvalue weighted by Crippen LogP contribution is 2.34. The van der Waals surface area contributed by atoms with Crippen molar-refractivity contribution in [3.05, 3.63) is 28.5 Å². The Kier molecular flexibility index (Phi) is 14.3. The van der Waals surface area contributed by atoms with Crippen LogP contribution in [0.4, 0.5) is 17.5 Å². The fraction of sp³-hybridized carbons (Fsp3) is 0.652. The normalized spacial score (nSPS) is 13.1. The van der Waals surface area contributed by atoms with Crippen LogP contribution in [-0.2, 0) is 13.1 Å². The van der Waals surface area contributed by atoms with Crippen molar-refractivity contribution in [1.82, 2.24) is 30.8 Å². The fourth-order valence-corrected chi connectivity index (χ4v) is 3.18. The maximum atomic E-state index is 4.79. The average molecular weight is 433 g/mol. The van der Waals surface area contributed by atoms with Crippen LogP contribution in [0.3, 0.4) is 0 Å². The zero-order valence-electron chi connectivity index (χ0n) is 21.6. The highest BCUT2D eigenvalue weighted by Gasteiger charge is 2.26.